The summed E-state index contributed by atoms with van der Waals surface area (Å²) in [7, 11) is 3.88. The first-order valence-electron chi connectivity index (χ1n) is 7.87. The van der Waals surface area contributed by atoms with Crippen LogP contribution in [0, 0.1) is 0 Å². The molecule has 0 saturated heterocycles. The van der Waals surface area contributed by atoms with Crippen molar-refractivity contribution < 1.29 is 4.79 Å². The van der Waals surface area contributed by atoms with Crippen LogP contribution < -0.4 is 0 Å². The van der Waals surface area contributed by atoms with Crippen LogP contribution in [0.5, 0.6) is 0 Å². The molecule has 0 radical (unpaired) electrons. The standard InChI is InChI=1S/C18H21N3OS/c1-4-5-10-20(2)18(22)14-12-23-17(19-14)16-11-13-8-6-7-9-15(13)21(16)3/h6-9,11-12H,4-5,10H2,1-3H3. The Morgan fingerprint density at radius 3 is 2.87 bits per heavy atom. The number of hydrogen-bond donors (Lipinski definition) is 0. The van der Waals surface area contributed by atoms with Gasteiger partial charge in [-0.3, -0.25) is 4.79 Å². The van der Waals surface area contributed by atoms with E-state index in [4.69, 9.17) is 0 Å². The predicted octanol–water partition coefficient (Wildman–Crippen LogP) is 4.17. The van der Waals surface area contributed by atoms with Gasteiger partial charge in [-0.1, -0.05) is 31.5 Å². The van der Waals surface area contributed by atoms with Gasteiger partial charge >= 0.3 is 0 Å². The predicted molar refractivity (Wildman–Crippen MR) is 95.9 cm³/mol. The van der Waals surface area contributed by atoms with E-state index < -0.39 is 0 Å². The largest absolute Gasteiger partial charge is 0.342 e. The maximum atomic E-state index is 12.4. The molecule has 0 aliphatic carbocycles. The maximum absolute atomic E-state index is 12.4. The van der Waals surface area contributed by atoms with E-state index in [1.54, 1.807) is 4.90 Å². The SMILES string of the molecule is CCCCN(C)C(=O)c1csc(-c2cc3ccccc3n2C)n1. The van der Waals surface area contributed by atoms with Crippen LogP contribution in [0.3, 0.4) is 0 Å². The number of nitrogens with zero attached hydrogens (tertiary/aromatic N) is 3. The van der Waals surface area contributed by atoms with Crippen LogP contribution in [0.4, 0.5) is 0 Å². The third-order valence-corrected chi connectivity index (χ3v) is 4.95. The smallest absolute Gasteiger partial charge is 0.273 e. The molecule has 0 bridgehead atoms. The van der Waals surface area contributed by atoms with E-state index in [0.29, 0.717) is 5.69 Å². The third kappa shape index (κ3) is 3.01. The molecular weight excluding hydrogens is 306 g/mol. The topological polar surface area (TPSA) is 38.1 Å². The lowest BCUT2D eigenvalue weighted by Crippen LogP contribution is -2.27. The highest BCUT2D eigenvalue weighted by molar-refractivity contribution is 7.13. The van der Waals surface area contributed by atoms with E-state index in [1.165, 1.54) is 22.2 Å². The highest BCUT2D eigenvalue weighted by Crippen LogP contribution is 2.29. The Morgan fingerprint density at radius 2 is 2.13 bits per heavy atom. The summed E-state index contributed by atoms with van der Waals surface area (Å²) in [6.07, 6.45) is 2.10. The molecule has 0 aliphatic heterocycles. The van der Waals surface area contributed by atoms with Crippen LogP contribution in [0.2, 0.25) is 0 Å². The van der Waals surface area contributed by atoms with Crippen LogP contribution in [-0.4, -0.2) is 34.0 Å². The number of carbonyl (C=O) groups excluding carboxylic acids is 1. The molecule has 5 heteroatoms. The average molecular weight is 327 g/mol. The first-order valence-corrected chi connectivity index (χ1v) is 8.75. The van der Waals surface area contributed by atoms with Gasteiger partial charge in [0.2, 0.25) is 0 Å². The van der Waals surface area contributed by atoms with Crippen molar-refractivity contribution in [1.82, 2.24) is 14.5 Å². The Kier molecular flexibility index (Phi) is 4.48. The monoisotopic (exact) mass is 327 g/mol. The van der Waals surface area contributed by atoms with Gasteiger partial charge in [0.25, 0.3) is 5.91 Å². The van der Waals surface area contributed by atoms with Crippen LogP contribution in [0.15, 0.2) is 35.7 Å². The number of hydrogen-bond acceptors (Lipinski definition) is 3. The number of benzene rings is 1. The zero-order chi connectivity index (χ0) is 16.4. The fraction of sp³-hybridized carbons (Fsp3) is 0.333. The normalized spacial score (nSPS) is 11.1. The highest BCUT2D eigenvalue weighted by atomic mass is 32.1. The highest BCUT2D eigenvalue weighted by Gasteiger charge is 2.17. The number of para-hydroxylation sites is 1. The van der Waals surface area contributed by atoms with Gasteiger partial charge in [-0.25, -0.2) is 4.98 Å². The Hall–Kier alpha value is -2.14. The van der Waals surface area contributed by atoms with Gasteiger partial charge < -0.3 is 9.47 Å². The lowest BCUT2D eigenvalue weighted by molar-refractivity contribution is 0.0788. The molecule has 3 aromatic rings. The summed E-state index contributed by atoms with van der Waals surface area (Å²) < 4.78 is 2.13. The van der Waals surface area contributed by atoms with Crippen LogP contribution in [-0.2, 0) is 7.05 Å². The molecule has 1 aromatic carbocycles. The van der Waals surface area contributed by atoms with E-state index >= 15 is 0 Å². The third-order valence-electron chi connectivity index (χ3n) is 4.09. The first kappa shape index (κ1) is 15.7. The molecule has 0 aliphatic rings. The molecular formula is C18H21N3OS. The van der Waals surface area contributed by atoms with Gasteiger partial charge in [0.15, 0.2) is 0 Å². The number of rotatable bonds is 5. The molecule has 0 unspecified atom stereocenters. The van der Waals surface area contributed by atoms with E-state index in [9.17, 15) is 4.79 Å². The summed E-state index contributed by atoms with van der Waals surface area (Å²) in [5.41, 5.74) is 2.76. The second-order valence-electron chi connectivity index (χ2n) is 5.77. The number of amides is 1. The Labute approximate surface area is 140 Å². The summed E-state index contributed by atoms with van der Waals surface area (Å²) >= 11 is 1.52. The molecule has 3 rings (SSSR count). The van der Waals surface area contributed by atoms with Gasteiger partial charge in [-0.05, 0) is 18.6 Å². The van der Waals surface area contributed by atoms with Gasteiger partial charge in [0.05, 0.1) is 5.69 Å². The second kappa shape index (κ2) is 6.54. The Morgan fingerprint density at radius 1 is 1.35 bits per heavy atom. The minimum absolute atomic E-state index is 0.000265. The first-order chi connectivity index (χ1) is 11.1. The number of aromatic nitrogens is 2. The Bertz CT molecular complexity index is 834. The molecule has 120 valence electrons. The summed E-state index contributed by atoms with van der Waals surface area (Å²) in [6, 6.07) is 10.4. The van der Waals surface area contributed by atoms with Crippen LogP contribution in [0.1, 0.15) is 30.3 Å². The lowest BCUT2D eigenvalue weighted by atomic mass is 10.2. The van der Waals surface area contributed by atoms with Crippen molar-refractivity contribution in [3.05, 3.63) is 41.4 Å². The van der Waals surface area contributed by atoms with Gasteiger partial charge in [-0.2, -0.15) is 0 Å². The number of thiazole rings is 1. The molecule has 2 aromatic heterocycles. The molecule has 1 amide bonds. The molecule has 0 spiro atoms. The Balaban J connectivity index is 1.89. The second-order valence-corrected chi connectivity index (χ2v) is 6.62. The maximum Gasteiger partial charge on any atom is 0.273 e. The van der Waals surface area contributed by atoms with Crippen molar-refractivity contribution in [3.63, 3.8) is 0 Å². The summed E-state index contributed by atoms with van der Waals surface area (Å²) in [5.74, 6) is -0.000265. The van der Waals surface area contributed by atoms with Gasteiger partial charge in [-0.15, -0.1) is 11.3 Å². The zero-order valence-corrected chi connectivity index (χ0v) is 14.6. The number of unbranched alkanes of at least 4 members (excludes halogenated alkanes) is 1. The summed E-state index contributed by atoms with van der Waals surface area (Å²) in [4.78, 5) is 18.7. The molecule has 4 nitrogen and oxygen atoms in total. The molecule has 23 heavy (non-hydrogen) atoms. The van der Waals surface area contributed by atoms with Crippen molar-refractivity contribution in [1.29, 1.82) is 0 Å². The fourth-order valence-corrected chi connectivity index (χ4v) is 3.52. The van der Waals surface area contributed by atoms with Crippen molar-refractivity contribution in [3.8, 4) is 10.7 Å². The number of carbonyl (C=O) groups is 1. The van der Waals surface area contributed by atoms with Gasteiger partial charge in [0, 0.05) is 36.9 Å². The quantitative estimate of drug-likeness (QED) is 0.705. The van der Waals surface area contributed by atoms with E-state index in [-0.39, 0.29) is 5.91 Å². The number of aryl methyl sites for hydroxylation is 1. The van der Waals surface area contributed by atoms with Crippen LogP contribution in [0.25, 0.3) is 21.6 Å². The van der Waals surface area contributed by atoms with Crippen molar-refractivity contribution in [2.24, 2.45) is 7.05 Å². The zero-order valence-electron chi connectivity index (χ0n) is 13.7. The molecule has 0 saturated carbocycles. The summed E-state index contributed by atoms with van der Waals surface area (Å²) in [6.45, 7) is 2.90. The van der Waals surface area contributed by atoms with Crippen LogP contribution >= 0.6 is 11.3 Å². The fourth-order valence-electron chi connectivity index (χ4n) is 2.68. The molecule has 2 heterocycles. The molecule has 0 fully saturated rings. The van der Waals surface area contributed by atoms with Crippen molar-refractivity contribution >= 4 is 28.1 Å². The minimum Gasteiger partial charge on any atom is -0.342 e. The van der Waals surface area contributed by atoms with Crippen molar-refractivity contribution in [2.75, 3.05) is 13.6 Å². The lowest BCUT2D eigenvalue weighted by Gasteiger charge is -2.14. The number of fused-ring (bicyclic) bond motifs is 1. The van der Waals surface area contributed by atoms with E-state index in [0.717, 1.165) is 30.1 Å². The van der Waals surface area contributed by atoms with E-state index in [2.05, 4.69) is 34.7 Å². The van der Waals surface area contributed by atoms with E-state index in [1.807, 2.05) is 31.6 Å². The van der Waals surface area contributed by atoms with Gasteiger partial charge in [0.1, 0.15) is 10.7 Å². The van der Waals surface area contributed by atoms with Crippen molar-refractivity contribution in [2.45, 2.75) is 19.8 Å². The minimum atomic E-state index is -0.000265. The average Bonchev–Trinajstić information content (AvgIpc) is 3.17. The molecule has 0 atom stereocenters. The molecule has 0 N–H and O–H groups in total. The summed E-state index contributed by atoms with van der Waals surface area (Å²) in [5, 5.41) is 3.93.